The molecule has 2 aliphatic rings. The van der Waals surface area contributed by atoms with Gasteiger partial charge in [0, 0.05) is 24.2 Å². The molecule has 2 saturated heterocycles. The van der Waals surface area contributed by atoms with Gasteiger partial charge in [-0.2, -0.15) is 0 Å². The lowest BCUT2D eigenvalue weighted by atomic mass is 9.78. The van der Waals surface area contributed by atoms with E-state index in [4.69, 9.17) is 4.42 Å². The van der Waals surface area contributed by atoms with Crippen molar-refractivity contribution >= 4 is 0 Å². The molecular weight excluding hydrogens is 210 g/mol. The van der Waals surface area contributed by atoms with Gasteiger partial charge in [-0.3, -0.25) is 4.90 Å². The van der Waals surface area contributed by atoms with E-state index in [0.29, 0.717) is 6.04 Å². The molecule has 2 nitrogen and oxygen atoms in total. The van der Waals surface area contributed by atoms with Crippen LogP contribution in [0.15, 0.2) is 23.0 Å². The van der Waals surface area contributed by atoms with E-state index in [2.05, 4.69) is 24.8 Å². The van der Waals surface area contributed by atoms with E-state index in [-0.39, 0.29) is 0 Å². The normalized spacial score (nSPS) is 38.9. The summed E-state index contributed by atoms with van der Waals surface area (Å²) in [6, 6.07) is 3.56. The molecule has 17 heavy (non-hydrogen) atoms. The Morgan fingerprint density at radius 3 is 2.82 bits per heavy atom. The van der Waals surface area contributed by atoms with Crippen molar-refractivity contribution in [3.8, 4) is 0 Å². The van der Waals surface area contributed by atoms with Gasteiger partial charge in [0.05, 0.1) is 12.5 Å². The Balaban J connectivity index is 1.84. The summed E-state index contributed by atoms with van der Waals surface area (Å²) in [4.78, 5) is 2.76. The minimum absolute atomic E-state index is 0.609. The van der Waals surface area contributed by atoms with Crippen LogP contribution in [0.4, 0.5) is 0 Å². The topological polar surface area (TPSA) is 16.4 Å². The van der Waals surface area contributed by atoms with E-state index in [1.54, 1.807) is 0 Å². The van der Waals surface area contributed by atoms with Gasteiger partial charge in [0.1, 0.15) is 0 Å². The predicted molar refractivity (Wildman–Crippen MR) is 68.7 cm³/mol. The predicted octanol–water partition coefficient (Wildman–Crippen LogP) is 3.85. The van der Waals surface area contributed by atoms with E-state index in [1.807, 2.05) is 12.5 Å². The van der Waals surface area contributed by atoms with Crippen LogP contribution in [0.2, 0.25) is 0 Å². The van der Waals surface area contributed by atoms with Gasteiger partial charge in [-0.05, 0) is 43.6 Å². The lowest BCUT2D eigenvalue weighted by molar-refractivity contribution is -0.00172. The van der Waals surface area contributed by atoms with E-state index >= 15 is 0 Å². The molecule has 0 saturated carbocycles. The number of fused-ring (bicyclic) bond motifs is 1. The van der Waals surface area contributed by atoms with E-state index in [1.165, 1.54) is 37.8 Å². The minimum atomic E-state index is 0.609. The summed E-state index contributed by atoms with van der Waals surface area (Å²) in [7, 11) is 0. The van der Waals surface area contributed by atoms with Crippen LogP contribution >= 0.6 is 0 Å². The zero-order valence-electron chi connectivity index (χ0n) is 10.9. The number of furan rings is 1. The Kier molecular flexibility index (Phi) is 2.99. The lowest BCUT2D eigenvalue weighted by Crippen LogP contribution is -2.50. The van der Waals surface area contributed by atoms with Gasteiger partial charge >= 0.3 is 0 Å². The fourth-order valence-corrected chi connectivity index (χ4v) is 3.78. The molecule has 0 bridgehead atoms. The van der Waals surface area contributed by atoms with Gasteiger partial charge in [0.15, 0.2) is 0 Å². The molecule has 1 aromatic heterocycles. The van der Waals surface area contributed by atoms with Crippen molar-refractivity contribution in [3.63, 3.8) is 0 Å². The summed E-state index contributed by atoms with van der Waals surface area (Å²) < 4.78 is 5.27. The molecule has 3 heterocycles. The second-order valence-electron chi connectivity index (χ2n) is 6.07. The van der Waals surface area contributed by atoms with Gasteiger partial charge in [0.25, 0.3) is 0 Å². The molecule has 3 rings (SSSR count). The second kappa shape index (κ2) is 4.49. The molecule has 2 fully saturated rings. The molecule has 0 amide bonds. The molecular formula is C15H23NO. The number of nitrogens with zero attached hydrogens (tertiary/aromatic N) is 1. The number of rotatable bonds is 1. The molecule has 0 aromatic carbocycles. The zero-order valence-corrected chi connectivity index (χ0v) is 10.9. The minimum Gasteiger partial charge on any atom is -0.472 e. The van der Waals surface area contributed by atoms with Crippen molar-refractivity contribution in [3.05, 3.63) is 24.2 Å². The highest BCUT2D eigenvalue weighted by molar-refractivity contribution is 5.14. The highest BCUT2D eigenvalue weighted by Crippen LogP contribution is 2.42. The average Bonchev–Trinajstić information content (AvgIpc) is 2.83. The summed E-state index contributed by atoms with van der Waals surface area (Å²) in [5.74, 6) is 1.72. The van der Waals surface area contributed by atoms with Crippen LogP contribution in [-0.4, -0.2) is 17.5 Å². The van der Waals surface area contributed by atoms with Crippen molar-refractivity contribution in [2.75, 3.05) is 6.54 Å². The van der Waals surface area contributed by atoms with Crippen LogP contribution in [0.5, 0.6) is 0 Å². The van der Waals surface area contributed by atoms with Crippen LogP contribution in [-0.2, 0) is 0 Å². The van der Waals surface area contributed by atoms with Crippen LogP contribution in [0, 0.1) is 11.8 Å². The number of hydrogen-bond donors (Lipinski definition) is 0. The molecule has 2 aliphatic heterocycles. The van der Waals surface area contributed by atoms with Gasteiger partial charge in [-0.1, -0.05) is 13.8 Å². The fraction of sp³-hybridized carbons (Fsp3) is 0.733. The molecule has 94 valence electrons. The smallest absolute Gasteiger partial charge is 0.0950 e. The molecule has 0 unspecified atom stereocenters. The third-order valence-electron chi connectivity index (χ3n) is 4.78. The molecule has 2 heteroatoms. The van der Waals surface area contributed by atoms with Crippen molar-refractivity contribution in [2.24, 2.45) is 11.8 Å². The Hall–Kier alpha value is -0.760. The molecule has 0 N–H and O–H groups in total. The van der Waals surface area contributed by atoms with Gasteiger partial charge in [0.2, 0.25) is 0 Å². The monoisotopic (exact) mass is 233 g/mol. The second-order valence-corrected chi connectivity index (χ2v) is 6.07. The summed E-state index contributed by atoms with van der Waals surface area (Å²) in [5.41, 5.74) is 1.39. The number of piperidine rings is 2. The first-order valence-electron chi connectivity index (χ1n) is 7.03. The van der Waals surface area contributed by atoms with Crippen molar-refractivity contribution in [1.29, 1.82) is 0 Å². The first-order chi connectivity index (χ1) is 8.25. The van der Waals surface area contributed by atoms with E-state index in [0.717, 1.165) is 17.9 Å². The third-order valence-corrected chi connectivity index (χ3v) is 4.78. The Morgan fingerprint density at radius 2 is 2.06 bits per heavy atom. The summed E-state index contributed by atoms with van der Waals surface area (Å²) in [5, 5.41) is 0. The van der Waals surface area contributed by atoms with Crippen LogP contribution in [0.25, 0.3) is 0 Å². The van der Waals surface area contributed by atoms with E-state index < -0.39 is 0 Å². The maximum absolute atomic E-state index is 5.27. The standard InChI is InChI=1S/C15H23NO/c1-11-3-5-14-12(2)4-6-15(16(14)9-11)13-7-8-17-10-13/h7-8,10-12,14-15H,3-6,9H2,1-2H3/t11-,12+,14+,15+/m1/s1. The molecule has 0 radical (unpaired) electrons. The quantitative estimate of drug-likeness (QED) is 0.732. The van der Waals surface area contributed by atoms with Gasteiger partial charge in [-0.25, -0.2) is 0 Å². The fourth-order valence-electron chi connectivity index (χ4n) is 3.78. The largest absolute Gasteiger partial charge is 0.472 e. The van der Waals surface area contributed by atoms with Crippen LogP contribution < -0.4 is 0 Å². The summed E-state index contributed by atoms with van der Waals surface area (Å²) >= 11 is 0. The average molecular weight is 233 g/mol. The first-order valence-corrected chi connectivity index (χ1v) is 7.03. The highest BCUT2D eigenvalue weighted by Gasteiger charge is 2.38. The SMILES string of the molecule is C[C@@H]1CC[C@H]2[C@@H](C)CC[C@@H](c3ccoc3)N2C1. The maximum atomic E-state index is 5.27. The van der Waals surface area contributed by atoms with Gasteiger partial charge < -0.3 is 4.42 Å². The van der Waals surface area contributed by atoms with Crippen LogP contribution in [0.3, 0.4) is 0 Å². The Bertz CT molecular complexity index is 359. The Labute approximate surface area is 104 Å². The maximum Gasteiger partial charge on any atom is 0.0950 e. The van der Waals surface area contributed by atoms with E-state index in [9.17, 15) is 0 Å². The zero-order chi connectivity index (χ0) is 11.8. The molecule has 0 aliphatic carbocycles. The third kappa shape index (κ3) is 2.03. The molecule has 4 atom stereocenters. The molecule has 0 spiro atoms. The number of hydrogen-bond acceptors (Lipinski definition) is 2. The first kappa shape index (κ1) is 11.3. The molecule has 1 aromatic rings. The lowest BCUT2D eigenvalue weighted by Gasteiger charge is -2.49. The van der Waals surface area contributed by atoms with Gasteiger partial charge in [-0.15, -0.1) is 0 Å². The van der Waals surface area contributed by atoms with Crippen molar-refractivity contribution in [1.82, 2.24) is 4.90 Å². The highest BCUT2D eigenvalue weighted by atomic mass is 16.3. The summed E-state index contributed by atoms with van der Waals surface area (Å²) in [6.07, 6.45) is 9.21. The van der Waals surface area contributed by atoms with Crippen molar-refractivity contribution in [2.45, 2.75) is 51.6 Å². The summed E-state index contributed by atoms with van der Waals surface area (Å²) in [6.45, 7) is 6.09. The Morgan fingerprint density at radius 1 is 1.18 bits per heavy atom. The van der Waals surface area contributed by atoms with Crippen LogP contribution in [0.1, 0.15) is 51.1 Å². The van der Waals surface area contributed by atoms with Crippen molar-refractivity contribution < 1.29 is 4.42 Å².